The van der Waals surface area contributed by atoms with Crippen LogP contribution in [0.25, 0.3) is 0 Å². The molecular weight excluding hydrogens is 424 g/mol. The molecule has 1 aromatic carbocycles. The van der Waals surface area contributed by atoms with Gasteiger partial charge >= 0.3 is 0 Å². The van der Waals surface area contributed by atoms with Crippen LogP contribution >= 0.6 is 11.6 Å². The van der Waals surface area contributed by atoms with Crippen LogP contribution in [0.5, 0.6) is 0 Å². The molecule has 164 valence electrons. The fourth-order valence-corrected chi connectivity index (χ4v) is 5.04. The van der Waals surface area contributed by atoms with Gasteiger partial charge in [0.2, 0.25) is 0 Å². The van der Waals surface area contributed by atoms with Gasteiger partial charge in [0.15, 0.2) is 5.60 Å². The molecule has 2 aliphatic rings. The SMILES string of the molecule is O=C1N(Cc2ccncc2)CCOC12CN(Cc1ccccc1Cl)CC2c1cccnc1. The maximum absolute atomic E-state index is 13.9. The summed E-state index contributed by atoms with van der Waals surface area (Å²) in [6.07, 6.45) is 7.13. The highest BCUT2D eigenvalue weighted by Crippen LogP contribution is 2.42. The van der Waals surface area contributed by atoms with Gasteiger partial charge in [-0.05, 0) is 41.0 Å². The van der Waals surface area contributed by atoms with E-state index in [1.165, 1.54) is 0 Å². The highest BCUT2D eigenvalue weighted by Gasteiger charge is 2.57. The number of benzene rings is 1. The number of halogens is 1. The molecule has 1 spiro atoms. The van der Waals surface area contributed by atoms with Crippen LogP contribution in [0.3, 0.4) is 0 Å². The minimum atomic E-state index is -0.935. The highest BCUT2D eigenvalue weighted by molar-refractivity contribution is 6.31. The molecule has 4 heterocycles. The lowest BCUT2D eigenvalue weighted by Crippen LogP contribution is -2.59. The number of ether oxygens (including phenoxy) is 1. The predicted octanol–water partition coefficient (Wildman–Crippen LogP) is 3.53. The second-order valence-corrected chi connectivity index (χ2v) is 8.83. The van der Waals surface area contributed by atoms with E-state index in [1.54, 1.807) is 18.6 Å². The molecule has 2 aliphatic heterocycles. The van der Waals surface area contributed by atoms with Crippen LogP contribution in [0.4, 0.5) is 0 Å². The molecule has 0 aliphatic carbocycles. The summed E-state index contributed by atoms with van der Waals surface area (Å²) in [5.74, 6) is -0.0671. The molecule has 3 aromatic rings. The average Bonchev–Trinajstić information content (AvgIpc) is 3.18. The smallest absolute Gasteiger partial charge is 0.257 e. The lowest BCUT2D eigenvalue weighted by molar-refractivity contribution is -0.173. The van der Waals surface area contributed by atoms with E-state index in [-0.39, 0.29) is 11.8 Å². The van der Waals surface area contributed by atoms with Gasteiger partial charge in [-0.3, -0.25) is 19.7 Å². The maximum Gasteiger partial charge on any atom is 0.257 e. The third kappa shape index (κ3) is 4.01. The minimum absolute atomic E-state index is 0.0380. The van der Waals surface area contributed by atoms with Crippen LogP contribution in [0.2, 0.25) is 5.02 Å². The zero-order valence-electron chi connectivity index (χ0n) is 17.7. The molecule has 2 fully saturated rings. The monoisotopic (exact) mass is 448 g/mol. The number of carbonyl (C=O) groups is 1. The van der Waals surface area contributed by atoms with Crippen molar-refractivity contribution in [3.05, 3.63) is 95.0 Å². The molecule has 2 aromatic heterocycles. The number of nitrogens with zero attached hydrogens (tertiary/aromatic N) is 4. The highest BCUT2D eigenvalue weighted by atomic mass is 35.5. The lowest BCUT2D eigenvalue weighted by atomic mass is 9.83. The zero-order chi connectivity index (χ0) is 22.0. The molecule has 32 heavy (non-hydrogen) atoms. The van der Waals surface area contributed by atoms with E-state index >= 15 is 0 Å². The topological polar surface area (TPSA) is 58.6 Å². The van der Waals surface area contributed by atoms with Crippen LogP contribution < -0.4 is 0 Å². The minimum Gasteiger partial charge on any atom is -0.361 e. The van der Waals surface area contributed by atoms with Crippen LogP contribution in [-0.4, -0.2) is 57.5 Å². The van der Waals surface area contributed by atoms with Crippen molar-refractivity contribution in [2.75, 3.05) is 26.2 Å². The number of likely N-dealkylation sites (tertiary alicyclic amines) is 1. The van der Waals surface area contributed by atoms with Gasteiger partial charge in [-0.15, -0.1) is 0 Å². The van der Waals surface area contributed by atoms with Gasteiger partial charge in [0.25, 0.3) is 5.91 Å². The summed E-state index contributed by atoms with van der Waals surface area (Å²) in [6, 6.07) is 15.7. The third-order valence-corrected chi connectivity index (χ3v) is 6.76. The summed E-state index contributed by atoms with van der Waals surface area (Å²) < 4.78 is 6.37. The number of carbonyl (C=O) groups excluding carboxylic acids is 1. The van der Waals surface area contributed by atoms with Gasteiger partial charge in [-0.1, -0.05) is 35.9 Å². The van der Waals surface area contributed by atoms with Gasteiger partial charge in [-0.2, -0.15) is 0 Å². The van der Waals surface area contributed by atoms with Crippen molar-refractivity contribution in [3.63, 3.8) is 0 Å². The van der Waals surface area contributed by atoms with Crippen LogP contribution in [0.1, 0.15) is 22.6 Å². The van der Waals surface area contributed by atoms with Crippen molar-refractivity contribution in [2.24, 2.45) is 0 Å². The van der Waals surface area contributed by atoms with Crippen molar-refractivity contribution in [2.45, 2.75) is 24.6 Å². The molecule has 0 saturated carbocycles. The third-order valence-electron chi connectivity index (χ3n) is 6.39. The first-order chi connectivity index (χ1) is 15.7. The first kappa shape index (κ1) is 21.1. The average molecular weight is 449 g/mol. The van der Waals surface area contributed by atoms with E-state index in [0.29, 0.717) is 39.3 Å². The first-order valence-corrected chi connectivity index (χ1v) is 11.2. The molecule has 2 atom stereocenters. The fourth-order valence-electron chi connectivity index (χ4n) is 4.85. The Hall–Kier alpha value is -2.80. The summed E-state index contributed by atoms with van der Waals surface area (Å²) in [4.78, 5) is 26.5. The summed E-state index contributed by atoms with van der Waals surface area (Å²) in [5.41, 5.74) is 2.20. The van der Waals surface area contributed by atoms with Crippen LogP contribution in [0.15, 0.2) is 73.3 Å². The molecule has 7 heteroatoms. The molecule has 0 radical (unpaired) electrons. The summed E-state index contributed by atoms with van der Waals surface area (Å²) >= 11 is 6.43. The number of morpholine rings is 1. The predicted molar refractivity (Wildman–Crippen MR) is 122 cm³/mol. The number of hydrogen-bond donors (Lipinski definition) is 0. The normalized spacial score (nSPS) is 23.7. The molecule has 2 unspecified atom stereocenters. The molecule has 0 N–H and O–H groups in total. The van der Waals surface area contributed by atoms with Crippen LogP contribution in [0, 0.1) is 0 Å². The number of amides is 1. The Balaban J connectivity index is 1.45. The number of pyridine rings is 2. The Morgan fingerprint density at radius 3 is 2.66 bits per heavy atom. The Labute approximate surface area is 192 Å². The Morgan fingerprint density at radius 1 is 1.03 bits per heavy atom. The van der Waals surface area contributed by atoms with Crippen molar-refractivity contribution in [1.29, 1.82) is 0 Å². The molecule has 1 amide bonds. The molecule has 6 nitrogen and oxygen atoms in total. The quantitative estimate of drug-likeness (QED) is 0.597. The fraction of sp³-hybridized carbons (Fsp3) is 0.320. The van der Waals surface area contributed by atoms with Crippen LogP contribution in [-0.2, 0) is 22.6 Å². The standard InChI is InChI=1S/C25H25ClN4O2/c26-23-6-2-1-4-21(23)16-29-17-22(20-5-3-9-28-14-20)25(18-29)24(31)30(12-13-32-25)15-19-7-10-27-11-8-19/h1-11,14,22H,12-13,15-18H2. The summed E-state index contributed by atoms with van der Waals surface area (Å²) in [7, 11) is 0. The molecule has 5 rings (SSSR count). The second kappa shape index (κ2) is 8.98. The summed E-state index contributed by atoms with van der Waals surface area (Å²) in [6.45, 7) is 3.52. The number of aromatic nitrogens is 2. The zero-order valence-corrected chi connectivity index (χ0v) is 18.5. The Morgan fingerprint density at radius 2 is 1.88 bits per heavy atom. The van der Waals surface area contributed by atoms with E-state index in [1.807, 2.05) is 59.6 Å². The van der Waals surface area contributed by atoms with Crippen molar-refractivity contribution in [1.82, 2.24) is 19.8 Å². The molecular formula is C25H25ClN4O2. The Kier molecular flexibility index (Phi) is 5.91. The van der Waals surface area contributed by atoms with E-state index in [2.05, 4.69) is 14.9 Å². The molecule has 0 bridgehead atoms. The number of hydrogen-bond acceptors (Lipinski definition) is 5. The van der Waals surface area contributed by atoms with E-state index in [4.69, 9.17) is 16.3 Å². The van der Waals surface area contributed by atoms with Gasteiger partial charge in [-0.25, -0.2) is 0 Å². The lowest BCUT2D eigenvalue weighted by Gasteiger charge is -2.42. The van der Waals surface area contributed by atoms with Crippen molar-refractivity contribution in [3.8, 4) is 0 Å². The largest absolute Gasteiger partial charge is 0.361 e. The van der Waals surface area contributed by atoms with Gasteiger partial charge in [0.1, 0.15) is 0 Å². The van der Waals surface area contributed by atoms with Gasteiger partial charge in [0, 0.05) is 68.5 Å². The van der Waals surface area contributed by atoms with Gasteiger partial charge in [0.05, 0.1) is 6.61 Å². The number of rotatable bonds is 5. The summed E-state index contributed by atoms with van der Waals surface area (Å²) in [5, 5.41) is 0.738. The Bertz CT molecular complexity index is 1080. The first-order valence-electron chi connectivity index (χ1n) is 10.8. The van der Waals surface area contributed by atoms with E-state index < -0.39 is 5.60 Å². The maximum atomic E-state index is 13.9. The molecule has 2 saturated heterocycles. The van der Waals surface area contributed by atoms with Crippen molar-refractivity contribution < 1.29 is 9.53 Å². The van der Waals surface area contributed by atoms with Gasteiger partial charge < -0.3 is 9.64 Å². The second-order valence-electron chi connectivity index (χ2n) is 8.42. The van der Waals surface area contributed by atoms with E-state index in [0.717, 1.165) is 21.7 Å². The van der Waals surface area contributed by atoms with E-state index in [9.17, 15) is 4.79 Å². The van der Waals surface area contributed by atoms with Crippen molar-refractivity contribution >= 4 is 17.5 Å².